The monoisotopic (exact) mass is 356 g/mol. The van der Waals surface area contributed by atoms with E-state index in [0.717, 1.165) is 0 Å². The SMILES string of the molecule is Br.Br.Br.ClB(Cl)Cl. The molecule has 0 saturated heterocycles. The Balaban J connectivity index is -0.0000000150. The molecule has 0 unspecified atom stereocenters. The van der Waals surface area contributed by atoms with Crippen molar-refractivity contribution in [2.45, 2.75) is 0 Å². The van der Waals surface area contributed by atoms with E-state index in [4.69, 9.17) is 34.4 Å². The van der Waals surface area contributed by atoms with E-state index in [-0.39, 0.29) is 50.9 Å². The molecular formula is H3BBr3Cl3. The predicted octanol–water partition coefficient (Wildman–Crippen LogP) is 3.42. The van der Waals surface area contributed by atoms with E-state index in [0.29, 0.717) is 0 Å². The van der Waals surface area contributed by atoms with Crippen molar-refractivity contribution in [1.29, 1.82) is 0 Å². The van der Waals surface area contributed by atoms with Crippen LogP contribution in [0.15, 0.2) is 0 Å². The highest BCUT2D eigenvalue weighted by Crippen LogP contribution is 1.97. The molecule has 0 fully saturated rings. The van der Waals surface area contributed by atoms with E-state index in [1.165, 1.54) is 0 Å². The molecule has 0 spiro atoms. The summed E-state index contributed by atoms with van der Waals surface area (Å²) in [6, 6.07) is 0. The Morgan fingerprint density at radius 1 is 0.714 bits per heavy atom. The maximum Gasteiger partial charge on any atom is 0.450 e. The lowest BCUT2D eigenvalue weighted by molar-refractivity contribution is 4.07. The van der Waals surface area contributed by atoms with E-state index in [9.17, 15) is 0 Å². The molecule has 0 aromatic carbocycles. The van der Waals surface area contributed by atoms with Gasteiger partial charge >= 0.3 is 4.96 Å². The minimum absolute atomic E-state index is 0. The highest BCUT2D eigenvalue weighted by Gasteiger charge is 1.91. The lowest BCUT2D eigenvalue weighted by Crippen LogP contribution is -1.66. The van der Waals surface area contributed by atoms with E-state index in [2.05, 4.69) is 0 Å². The zero-order chi connectivity index (χ0) is 3.58. The van der Waals surface area contributed by atoms with Crippen molar-refractivity contribution in [2.75, 3.05) is 0 Å². The standard InChI is InChI=1S/BCl3.3BrH/c2-1(3)4;;;/h;3*1H. The highest BCUT2D eigenvalue weighted by atomic mass is 79.9. The predicted molar refractivity (Wildman–Crippen MR) is 54.3 cm³/mol. The molecule has 0 aliphatic carbocycles. The van der Waals surface area contributed by atoms with Crippen LogP contribution in [0.1, 0.15) is 0 Å². The number of rotatable bonds is 0. The number of halogens is 6. The average molecular weight is 360 g/mol. The molecule has 7 heavy (non-hydrogen) atoms. The van der Waals surface area contributed by atoms with Gasteiger partial charge in [-0.25, -0.2) is 0 Å². The minimum atomic E-state index is -0.750. The van der Waals surface area contributed by atoms with Crippen LogP contribution in [0.4, 0.5) is 0 Å². The number of hydrogen-bond acceptors (Lipinski definition) is 0. The molecule has 0 aliphatic heterocycles. The van der Waals surface area contributed by atoms with Crippen LogP contribution < -0.4 is 0 Å². The van der Waals surface area contributed by atoms with Crippen molar-refractivity contribution < 1.29 is 0 Å². The van der Waals surface area contributed by atoms with Crippen molar-refractivity contribution >= 4 is 90.3 Å². The van der Waals surface area contributed by atoms with E-state index in [1.807, 2.05) is 0 Å². The zero-order valence-corrected chi connectivity index (χ0v) is 10.3. The summed E-state index contributed by atoms with van der Waals surface area (Å²) in [5.41, 5.74) is 0. The molecule has 0 bridgehead atoms. The van der Waals surface area contributed by atoms with Gasteiger partial charge < -0.3 is 0 Å². The molecule has 7 heteroatoms. The normalized spacial score (nSPS) is 3.86. The maximum atomic E-state index is 4.81. The molecule has 0 rings (SSSR count). The summed E-state index contributed by atoms with van der Waals surface area (Å²) in [6.07, 6.45) is 0. The maximum absolute atomic E-state index is 4.81. The lowest BCUT2D eigenvalue weighted by atomic mass is 10.7. The molecule has 0 aromatic heterocycles. The van der Waals surface area contributed by atoms with Crippen molar-refractivity contribution in [2.24, 2.45) is 0 Å². The summed E-state index contributed by atoms with van der Waals surface area (Å²) in [7, 11) is 0. The van der Waals surface area contributed by atoms with Crippen molar-refractivity contribution in [3.05, 3.63) is 0 Å². The fraction of sp³-hybridized carbons (Fsp3) is 0. The first kappa shape index (κ1) is 22.8. The first-order valence-electron chi connectivity index (χ1n) is 0.655. The molecule has 0 heterocycles. The smallest absolute Gasteiger partial charge is 0.150 e. The second-order valence-corrected chi connectivity index (χ2v) is 2.23. The Bertz CT molecular complexity index is 14.9. The third kappa shape index (κ3) is 60.3. The van der Waals surface area contributed by atoms with Crippen molar-refractivity contribution in [3.8, 4) is 0 Å². The van der Waals surface area contributed by atoms with Crippen LogP contribution in [0.2, 0.25) is 0 Å². The minimum Gasteiger partial charge on any atom is -0.150 e. The Hall–Kier alpha value is 2.37. The quantitative estimate of drug-likeness (QED) is 0.581. The van der Waals surface area contributed by atoms with Gasteiger partial charge in [-0.15, -0.1) is 50.9 Å². The Morgan fingerprint density at radius 2 is 0.714 bits per heavy atom. The summed E-state index contributed by atoms with van der Waals surface area (Å²) < 4.78 is 0. The van der Waals surface area contributed by atoms with Gasteiger partial charge in [-0.05, 0) is 0 Å². The average Bonchev–Trinajstić information content (AvgIpc) is 0.811. The molecular weight excluding hydrogens is 357 g/mol. The second kappa shape index (κ2) is 15.8. The van der Waals surface area contributed by atoms with Crippen molar-refractivity contribution in [3.63, 3.8) is 0 Å². The first-order valence-corrected chi connectivity index (χ1v) is 1.96. The largest absolute Gasteiger partial charge is 0.450 e. The van der Waals surface area contributed by atoms with Crippen LogP contribution in [0.25, 0.3) is 0 Å². The fourth-order valence-corrected chi connectivity index (χ4v) is 0. The van der Waals surface area contributed by atoms with Crippen LogP contribution in [-0.4, -0.2) is 4.96 Å². The zero-order valence-electron chi connectivity index (χ0n) is 2.94. The molecule has 0 aliphatic rings. The topological polar surface area (TPSA) is 0 Å². The summed E-state index contributed by atoms with van der Waals surface area (Å²) in [4.78, 5) is -0.750. The molecule has 0 saturated carbocycles. The summed E-state index contributed by atoms with van der Waals surface area (Å²) in [5.74, 6) is 0. The summed E-state index contributed by atoms with van der Waals surface area (Å²) >= 11 is 14.4. The Kier molecular flexibility index (Phi) is 51.3. The Morgan fingerprint density at radius 3 is 0.714 bits per heavy atom. The van der Waals surface area contributed by atoms with Gasteiger partial charge in [0, 0.05) is 0 Å². The summed E-state index contributed by atoms with van der Waals surface area (Å²) in [6.45, 7) is 0. The third-order valence-electron chi connectivity index (χ3n) is 0. The molecule has 0 radical (unpaired) electrons. The lowest BCUT2D eigenvalue weighted by Gasteiger charge is -1.61. The van der Waals surface area contributed by atoms with Gasteiger partial charge in [0.25, 0.3) is 0 Å². The Labute approximate surface area is 89.4 Å². The molecule has 0 nitrogen and oxygen atoms in total. The van der Waals surface area contributed by atoms with E-state index >= 15 is 0 Å². The number of hydrogen-bond donors (Lipinski definition) is 0. The molecule has 0 amide bonds. The fourth-order valence-electron chi connectivity index (χ4n) is 0. The van der Waals surface area contributed by atoms with Crippen molar-refractivity contribution in [1.82, 2.24) is 0 Å². The van der Waals surface area contributed by atoms with Gasteiger partial charge in [0.05, 0.1) is 0 Å². The molecule has 48 valence electrons. The van der Waals surface area contributed by atoms with Gasteiger partial charge in [0.1, 0.15) is 0 Å². The molecule has 0 atom stereocenters. The van der Waals surface area contributed by atoms with E-state index in [1.54, 1.807) is 0 Å². The van der Waals surface area contributed by atoms with E-state index < -0.39 is 4.96 Å². The first-order chi connectivity index (χ1) is 1.73. The summed E-state index contributed by atoms with van der Waals surface area (Å²) in [5, 5.41) is 0. The van der Waals surface area contributed by atoms with Crippen LogP contribution >= 0.6 is 85.3 Å². The van der Waals surface area contributed by atoms with Crippen LogP contribution in [-0.2, 0) is 0 Å². The van der Waals surface area contributed by atoms with Gasteiger partial charge in [-0.3, -0.25) is 0 Å². The van der Waals surface area contributed by atoms with Gasteiger partial charge in [-0.2, -0.15) is 34.4 Å². The second-order valence-electron chi connectivity index (χ2n) is 0.247. The molecule has 0 N–H and O–H groups in total. The van der Waals surface area contributed by atoms with Gasteiger partial charge in [0.2, 0.25) is 0 Å². The van der Waals surface area contributed by atoms with Crippen LogP contribution in [0, 0.1) is 0 Å². The molecule has 0 aromatic rings. The third-order valence-corrected chi connectivity index (χ3v) is 0. The van der Waals surface area contributed by atoms with Gasteiger partial charge in [0.15, 0.2) is 0 Å². The highest BCUT2D eigenvalue weighted by molar-refractivity contribution is 8.93. The van der Waals surface area contributed by atoms with Gasteiger partial charge in [-0.1, -0.05) is 0 Å². The van der Waals surface area contributed by atoms with Crippen LogP contribution in [0.3, 0.4) is 0 Å². The van der Waals surface area contributed by atoms with Crippen LogP contribution in [0.5, 0.6) is 0 Å².